The molecule has 5 heteroatoms. The van der Waals surface area contributed by atoms with Gasteiger partial charge in [-0.05, 0) is 24.0 Å². The van der Waals surface area contributed by atoms with Gasteiger partial charge in [0.25, 0.3) is 5.69 Å². The van der Waals surface area contributed by atoms with Gasteiger partial charge < -0.3 is 4.74 Å². The van der Waals surface area contributed by atoms with Crippen LogP contribution < -0.4 is 4.74 Å². The number of hydrogen-bond donors (Lipinski definition) is 0. The Morgan fingerprint density at radius 1 is 1.30 bits per heavy atom. The summed E-state index contributed by atoms with van der Waals surface area (Å²) in [5.41, 5.74) is 2.33. The maximum absolute atomic E-state index is 7.34. The first-order chi connectivity index (χ1) is 9.79. The number of ether oxygens (including phenoxy) is 1. The van der Waals surface area contributed by atoms with E-state index < -0.39 is 0 Å². The topological polar surface area (TPSA) is 39.4 Å². The molecule has 0 unspecified atom stereocenters. The fraction of sp³-hybridized carbons (Fsp3) is 0.133. The number of nitrogens with zero attached hydrogens (tertiary/aromatic N) is 3. The third-order valence-electron chi connectivity index (χ3n) is 2.96. The van der Waals surface area contributed by atoms with Crippen molar-refractivity contribution in [3.05, 3.63) is 59.2 Å². The van der Waals surface area contributed by atoms with E-state index in [1.165, 1.54) is 11.5 Å². The Morgan fingerprint density at radius 3 is 2.85 bits per heavy atom. The molecule has 0 N–H and O–H groups in total. The van der Waals surface area contributed by atoms with E-state index in [1.807, 2.05) is 37.3 Å². The minimum atomic E-state index is 0.383. The molecule has 0 saturated carbocycles. The van der Waals surface area contributed by atoms with Gasteiger partial charge in [-0.2, -0.15) is 0 Å². The molecule has 0 fully saturated rings. The molecule has 2 heterocycles. The van der Waals surface area contributed by atoms with Crippen molar-refractivity contribution < 1.29 is 4.74 Å². The monoisotopic (exact) mass is 281 g/mol. The number of pyridine rings is 1. The van der Waals surface area contributed by atoms with E-state index in [0.29, 0.717) is 18.2 Å². The summed E-state index contributed by atoms with van der Waals surface area (Å²) in [6, 6.07) is 9.84. The molecular weight excluding hydrogens is 270 g/mol. The molecule has 0 radical (unpaired) electrons. The van der Waals surface area contributed by atoms with Crippen LogP contribution in [-0.2, 0) is 6.61 Å². The van der Waals surface area contributed by atoms with Gasteiger partial charge in [0.2, 0.25) is 5.88 Å². The molecule has 0 amide bonds. The maximum atomic E-state index is 7.34. The molecule has 4 nitrogen and oxygen atoms in total. The minimum absolute atomic E-state index is 0.383. The third kappa shape index (κ3) is 2.22. The van der Waals surface area contributed by atoms with Crippen LogP contribution in [0.3, 0.4) is 0 Å². The molecule has 0 atom stereocenters. The van der Waals surface area contributed by atoms with Crippen molar-refractivity contribution in [2.24, 2.45) is 0 Å². The van der Waals surface area contributed by atoms with Crippen molar-refractivity contribution in [3.63, 3.8) is 0 Å². The van der Waals surface area contributed by atoms with Crippen LogP contribution in [0.25, 0.3) is 14.9 Å². The molecule has 2 aromatic heterocycles. The summed E-state index contributed by atoms with van der Waals surface area (Å²) >= 11 is 1.36. The Morgan fingerprint density at radius 2 is 2.10 bits per heavy atom. The predicted octanol–water partition coefficient (Wildman–Crippen LogP) is 4.13. The van der Waals surface area contributed by atoms with Crippen LogP contribution in [-0.4, -0.2) is 9.36 Å². The van der Waals surface area contributed by atoms with E-state index in [0.717, 1.165) is 21.3 Å². The number of aryl methyl sites for hydroxylation is 1. The van der Waals surface area contributed by atoms with Gasteiger partial charge in [-0.15, -0.1) is 0 Å². The highest BCUT2D eigenvalue weighted by Crippen LogP contribution is 2.37. The first kappa shape index (κ1) is 12.6. The average Bonchev–Trinajstić information content (AvgIpc) is 2.96. The molecule has 0 bridgehead atoms. The summed E-state index contributed by atoms with van der Waals surface area (Å²) in [6.07, 6.45) is 1.71. The van der Waals surface area contributed by atoms with Gasteiger partial charge in [-0.3, -0.25) is 0 Å². The van der Waals surface area contributed by atoms with Crippen LogP contribution in [0.1, 0.15) is 11.3 Å². The largest absolute Gasteiger partial charge is 0.481 e. The molecule has 1 aromatic carbocycles. The Kier molecular flexibility index (Phi) is 3.32. The maximum Gasteiger partial charge on any atom is 0.257 e. The molecule has 3 rings (SSSR count). The van der Waals surface area contributed by atoms with E-state index >= 15 is 0 Å². The van der Waals surface area contributed by atoms with Gasteiger partial charge in [0.05, 0.1) is 17.0 Å². The van der Waals surface area contributed by atoms with Crippen LogP contribution in [0, 0.1) is 13.5 Å². The SMILES string of the molecule is [C-]#[N+]c1c(OCc2ccccc2)nc(C)c2sncc12. The number of aromatic nitrogens is 2. The summed E-state index contributed by atoms with van der Waals surface area (Å²) < 4.78 is 10.8. The predicted molar refractivity (Wildman–Crippen MR) is 79.2 cm³/mol. The van der Waals surface area contributed by atoms with Gasteiger partial charge in [0.15, 0.2) is 0 Å². The van der Waals surface area contributed by atoms with Crippen molar-refractivity contribution >= 4 is 27.3 Å². The Balaban J connectivity index is 1.97. The molecule has 0 aliphatic rings. The molecule has 20 heavy (non-hydrogen) atoms. The second kappa shape index (κ2) is 5.27. The van der Waals surface area contributed by atoms with Gasteiger partial charge in [-0.1, -0.05) is 30.3 Å². The summed E-state index contributed by atoms with van der Waals surface area (Å²) in [5.74, 6) is 0.383. The minimum Gasteiger partial charge on any atom is -0.481 e. The highest BCUT2D eigenvalue weighted by atomic mass is 32.1. The van der Waals surface area contributed by atoms with Crippen molar-refractivity contribution in [1.29, 1.82) is 0 Å². The van der Waals surface area contributed by atoms with Crippen molar-refractivity contribution in [2.45, 2.75) is 13.5 Å². The van der Waals surface area contributed by atoms with Gasteiger partial charge in [-0.25, -0.2) is 14.2 Å². The number of hydrogen-bond acceptors (Lipinski definition) is 4. The fourth-order valence-corrected chi connectivity index (χ4v) is 2.66. The van der Waals surface area contributed by atoms with Crippen LogP contribution >= 0.6 is 11.5 Å². The van der Waals surface area contributed by atoms with Crippen LogP contribution in [0.15, 0.2) is 36.5 Å². The van der Waals surface area contributed by atoms with E-state index in [-0.39, 0.29) is 0 Å². The summed E-state index contributed by atoms with van der Waals surface area (Å²) in [4.78, 5) is 7.95. The van der Waals surface area contributed by atoms with E-state index in [1.54, 1.807) is 6.20 Å². The lowest BCUT2D eigenvalue weighted by Crippen LogP contribution is -1.98. The van der Waals surface area contributed by atoms with Crippen molar-refractivity contribution in [1.82, 2.24) is 9.36 Å². The molecular formula is C15H11N3OS. The molecule has 3 aromatic rings. The standard InChI is InChI=1S/C15H11N3OS/c1-10-14-12(8-17-20-14)13(16-2)15(18-10)19-9-11-6-4-3-5-7-11/h3-8H,9H2,1H3. The van der Waals surface area contributed by atoms with E-state index in [9.17, 15) is 0 Å². The fourth-order valence-electron chi connectivity index (χ4n) is 1.98. The summed E-state index contributed by atoms with van der Waals surface area (Å²) in [6.45, 7) is 9.65. The second-order valence-corrected chi connectivity index (χ2v) is 5.11. The molecule has 98 valence electrons. The molecule has 0 aliphatic carbocycles. The van der Waals surface area contributed by atoms with E-state index in [4.69, 9.17) is 11.3 Å². The first-order valence-corrected chi connectivity index (χ1v) is 6.86. The molecule has 0 aliphatic heterocycles. The lowest BCUT2D eigenvalue weighted by Gasteiger charge is -2.09. The van der Waals surface area contributed by atoms with Crippen LogP contribution in [0.4, 0.5) is 5.69 Å². The van der Waals surface area contributed by atoms with Crippen molar-refractivity contribution in [2.75, 3.05) is 0 Å². The highest BCUT2D eigenvalue weighted by Gasteiger charge is 2.15. The Hall–Kier alpha value is -2.45. The van der Waals surface area contributed by atoms with E-state index in [2.05, 4.69) is 14.2 Å². The highest BCUT2D eigenvalue weighted by molar-refractivity contribution is 7.13. The van der Waals surface area contributed by atoms with Gasteiger partial charge in [0, 0.05) is 11.6 Å². The molecule has 0 saturated heterocycles. The van der Waals surface area contributed by atoms with Crippen LogP contribution in [0.5, 0.6) is 5.88 Å². The first-order valence-electron chi connectivity index (χ1n) is 6.09. The quantitative estimate of drug-likeness (QED) is 0.678. The lowest BCUT2D eigenvalue weighted by atomic mass is 10.2. The zero-order valence-electron chi connectivity index (χ0n) is 10.8. The zero-order valence-corrected chi connectivity index (χ0v) is 11.6. The third-order valence-corrected chi connectivity index (χ3v) is 3.86. The van der Waals surface area contributed by atoms with Gasteiger partial charge >= 0.3 is 0 Å². The Bertz CT molecular complexity index is 790. The zero-order chi connectivity index (χ0) is 13.9. The average molecular weight is 281 g/mol. The van der Waals surface area contributed by atoms with Gasteiger partial charge in [0.1, 0.15) is 6.61 Å². The lowest BCUT2D eigenvalue weighted by molar-refractivity contribution is 0.296. The second-order valence-electron chi connectivity index (χ2n) is 4.31. The van der Waals surface area contributed by atoms with Crippen LogP contribution in [0.2, 0.25) is 0 Å². The number of benzene rings is 1. The Labute approximate surface area is 120 Å². The summed E-state index contributed by atoms with van der Waals surface area (Å²) in [7, 11) is 0. The number of fused-ring (bicyclic) bond motifs is 1. The number of rotatable bonds is 3. The van der Waals surface area contributed by atoms with Crippen molar-refractivity contribution in [3.8, 4) is 5.88 Å². The normalized spacial score (nSPS) is 10.4. The molecule has 0 spiro atoms. The smallest absolute Gasteiger partial charge is 0.257 e. The summed E-state index contributed by atoms with van der Waals surface area (Å²) in [5, 5.41) is 0.820.